The molecule has 0 aromatic carbocycles. The number of nitrogens with zero attached hydrogens (tertiary/aromatic N) is 1. The molecule has 2 aliphatic rings. The molecule has 2 aliphatic heterocycles. The van der Waals surface area contributed by atoms with Crippen molar-refractivity contribution in [2.75, 3.05) is 45.2 Å². The fraction of sp³-hybridized carbons (Fsp3) is 0.923. The SMILES string of the molecule is CCNC(=NCC1(CO)COC1)NCC1CCCS1. The van der Waals surface area contributed by atoms with Gasteiger partial charge in [0, 0.05) is 18.3 Å². The van der Waals surface area contributed by atoms with Crippen LogP contribution in [0.15, 0.2) is 4.99 Å². The number of hydrogen-bond acceptors (Lipinski definition) is 4. The molecule has 0 spiro atoms. The summed E-state index contributed by atoms with van der Waals surface area (Å²) in [7, 11) is 0. The molecule has 1 unspecified atom stereocenters. The minimum Gasteiger partial charge on any atom is -0.396 e. The van der Waals surface area contributed by atoms with E-state index >= 15 is 0 Å². The zero-order valence-corrected chi connectivity index (χ0v) is 12.5. The van der Waals surface area contributed by atoms with E-state index in [0.29, 0.717) is 25.0 Å². The molecule has 110 valence electrons. The van der Waals surface area contributed by atoms with E-state index in [0.717, 1.165) is 19.0 Å². The Kier molecular flexibility index (Phi) is 5.78. The van der Waals surface area contributed by atoms with Crippen LogP contribution < -0.4 is 10.6 Å². The van der Waals surface area contributed by atoms with Crippen LogP contribution in [0.3, 0.4) is 0 Å². The van der Waals surface area contributed by atoms with E-state index in [4.69, 9.17) is 4.74 Å². The summed E-state index contributed by atoms with van der Waals surface area (Å²) in [5.41, 5.74) is -0.148. The summed E-state index contributed by atoms with van der Waals surface area (Å²) in [6.07, 6.45) is 2.63. The summed E-state index contributed by atoms with van der Waals surface area (Å²) in [5.74, 6) is 2.14. The monoisotopic (exact) mass is 287 g/mol. The molecule has 19 heavy (non-hydrogen) atoms. The van der Waals surface area contributed by atoms with Crippen molar-refractivity contribution in [3.8, 4) is 0 Å². The van der Waals surface area contributed by atoms with E-state index in [-0.39, 0.29) is 12.0 Å². The lowest BCUT2D eigenvalue weighted by atomic mass is 9.87. The highest BCUT2D eigenvalue weighted by Gasteiger charge is 2.38. The minimum atomic E-state index is -0.148. The molecule has 2 saturated heterocycles. The van der Waals surface area contributed by atoms with Crippen molar-refractivity contribution >= 4 is 17.7 Å². The summed E-state index contributed by atoms with van der Waals surface area (Å²) < 4.78 is 5.19. The number of aliphatic hydroxyl groups is 1. The van der Waals surface area contributed by atoms with Crippen molar-refractivity contribution < 1.29 is 9.84 Å². The summed E-state index contributed by atoms with van der Waals surface area (Å²) in [4.78, 5) is 4.58. The Hall–Kier alpha value is -0.460. The molecular weight excluding hydrogens is 262 g/mol. The molecule has 3 N–H and O–H groups in total. The maximum atomic E-state index is 9.39. The minimum absolute atomic E-state index is 0.147. The average Bonchev–Trinajstić information content (AvgIpc) is 2.88. The first-order chi connectivity index (χ1) is 9.28. The van der Waals surface area contributed by atoms with Gasteiger partial charge in [0.05, 0.1) is 31.8 Å². The lowest BCUT2D eigenvalue weighted by Gasteiger charge is -2.38. The van der Waals surface area contributed by atoms with Crippen LogP contribution in [-0.2, 0) is 4.74 Å². The van der Waals surface area contributed by atoms with Crippen LogP contribution >= 0.6 is 11.8 Å². The molecule has 0 bridgehead atoms. The van der Waals surface area contributed by atoms with Crippen LogP contribution in [0, 0.1) is 5.41 Å². The smallest absolute Gasteiger partial charge is 0.191 e. The molecule has 0 aromatic heterocycles. The van der Waals surface area contributed by atoms with Gasteiger partial charge in [-0.1, -0.05) is 0 Å². The van der Waals surface area contributed by atoms with Crippen molar-refractivity contribution in [2.45, 2.75) is 25.0 Å². The number of hydrogen-bond donors (Lipinski definition) is 3. The molecule has 0 aromatic rings. The van der Waals surface area contributed by atoms with Gasteiger partial charge in [-0.05, 0) is 25.5 Å². The van der Waals surface area contributed by atoms with Gasteiger partial charge in [-0.2, -0.15) is 11.8 Å². The van der Waals surface area contributed by atoms with Crippen LogP contribution in [0.4, 0.5) is 0 Å². The number of rotatable bonds is 6. The molecule has 2 rings (SSSR count). The molecule has 0 radical (unpaired) electrons. The number of thioether (sulfide) groups is 1. The van der Waals surface area contributed by atoms with E-state index in [9.17, 15) is 5.11 Å². The van der Waals surface area contributed by atoms with E-state index in [1.165, 1.54) is 18.6 Å². The maximum Gasteiger partial charge on any atom is 0.191 e. The second-order valence-corrected chi connectivity index (χ2v) is 6.77. The van der Waals surface area contributed by atoms with Crippen molar-refractivity contribution in [1.82, 2.24) is 10.6 Å². The van der Waals surface area contributed by atoms with E-state index in [2.05, 4.69) is 22.5 Å². The van der Waals surface area contributed by atoms with Crippen molar-refractivity contribution in [2.24, 2.45) is 10.4 Å². The Morgan fingerprint density at radius 2 is 2.32 bits per heavy atom. The fourth-order valence-electron chi connectivity index (χ4n) is 2.23. The van der Waals surface area contributed by atoms with Crippen molar-refractivity contribution in [3.05, 3.63) is 0 Å². The maximum absolute atomic E-state index is 9.39. The van der Waals surface area contributed by atoms with Gasteiger partial charge in [0.2, 0.25) is 0 Å². The zero-order valence-electron chi connectivity index (χ0n) is 11.7. The van der Waals surface area contributed by atoms with Gasteiger partial charge in [0.25, 0.3) is 0 Å². The summed E-state index contributed by atoms with van der Waals surface area (Å²) in [5, 5.41) is 16.8. The van der Waals surface area contributed by atoms with E-state index < -0.39 is 0 Å². The third kappa shape index (κ3) is 4.26. The molecule has 6 heteroatoms. The van der Waals surface area contributed by atoms with Crippen LogP contribution in [0.1, 0.15) is 19.8 Å². The summed E-state index contributed by atoms with van der Waals surface area (Å²) in [6, 6.07) is 0. The third-order valence-electron chi connectivity index (χ3n) is 3.59. The highest BCUT2D eigenvalue weighted by atomic mass is 32.2. The van der Waals surface area contributed by atoms with Crippen molar-refractivity contribution in [1.29, 1.82) is 0 Å². The van der Waals surface area contributed by atoms with Gasteiger partial charge >= 0.3 is 0 Å². The average molecular weight is 287 g/mol. The second-order valence-electron chi connectivity index (χ2n) is 5.36. The Balaban J connectivity index is 1.79. The normalized spacial score (nSPS) is 26.0. The molecule has 5 nitrogen and oxygen atoms in total. The quantitative estimate of drug-likeness (QED) is 0.489. The van der Waals surface area contributed by atoms with Gasteiger partial charge in [-0.15, -0.1) is 0 Å². The predicted molar refractivity (Wildman–Crippen MR) is 79.8 cm³/mol. The Morgan fingerprint density at radius 1 is 1.47 bits per heavy atom. The van der Waals surface area contributed by atoms with Crippen LogP contribution in [0.25, 0.3) is 0 Å². The van der Waals surface area contributed by atoms with E-state index in [1.54, 1.807) is 0 Å². The van der Waals surface area contributed by atoms with Gasteiger partial charge in [0.1, 0.15) is 0 Å². The zero-order chi connectivity index (χ0) is 13.6. The van der Waals surface area contributed by atoms with Crippen molar-refractivity contribution in [3.63, 3.8) is 0 Å². The number of ether oxygens (including phenoxy) is 1. The predicted octanol–water partition coefficient (Wildman–Crippen LogP) is 0.446. The lowest BCUT2D eigenvalue weighted by molar-refractivity contribution is -0.130. The topological polar surface area (TPSA) is 65.9 Å². The largest absolute Gasteiger partial charge is 0.396 e. The number of aliphatic imine (C=N–C) groups is 1. The molecule has 0 saturated carbocycles. The number of aliphatic hydroxyl groups excluding tert-OH is 1. The first-order valence-corrected chi connectivity index (χ1v) is 8.15. The second kappa shape index (κ2) is 7.36. The molecule has 2 fully saturated rings. The Bertz CT molecular complexity index is 297. The molecule has 0 amide bonds. The standard InChI is InChI=1S/C13H25N3O2S/c1-2-14-12(15-6-11-4-3-5-19-11)16-7-13(8-17)9-18-10-13/h11,17H,2-10H2,1H3,(H2,14,15,16). The molecule has 1 atom stereocenters. The first kappa shape index (κ1) is 14.9. The van der Waals surface area contributed by atoms with Gasteiger partial charge < -0.3 is 20.5 Å². The van der Waals surface area contributed by atoms with E-state index in [1.807, 2.05) is 11.8 Å². The van der Waals surface area contributed by atoms with Crippen LogP contribution in [0.2, 0.25) is 0 Å². The fourth-order valence-corrected chi connectivity index (χ4v) is 3.43. The number of guanidine groups is 1. The molecule has 2 heterocycles. The third-order valence-corrected chi connectivity index (χ3v) is 4.99. The lowest BCUT2D eigenvalue weighted by Crippen LogP contribution is -2.49. The van der Waals surface area contributed by atoms with Gasteiger partial charge in [-0.25, -0.2) is 0 Å². The first-order valence-electron chi connectivity index (χ1n) is 7.10. The highest BCUT2D eigenvalue weighted by Crippen LogP contribution is 2.27. The van der Waals surface area contributed by atoms with Crippen LogP contribution in [-0.4, -0.2) is 61.5 Å². The van der Waals surface area contributed by atoms with Crippen LogP contribution in [0.5, 0.6) is 0 Å². The Morgan fingerprint density at radius 3 is 2.84 bits per heavy atom. The van der Waals surface area contributed by atoms with Gasteiger partial charge in [-0.3, -0.25) is 4.99 Å². The number of nitrogens with one attached hydrogen (secondary N) is 2. The van der Waals surface area contributed by atoms with Gasteiger partial charge in [0.15, 0.2) is 5.96 Å². The highest BCUT2D eigenvalue weighted by molar-refractivity contribution is 8.00. The molecular formula is C13H25N3O2S. The Labute approximate surface area is 119 Å². The summed E-state index contributed by atoms with van der Waals surface area (Å²) >= 11 is 2.04. The molecule has 0 aliphatic carbocycles. The summed E-state index contributed by atoms with van der Waals surface area (Å²) in [6.45, 7) is 5.89.